The molecular weight excluding hydrogens is 424 g/mol. The van der Waals surface area contributed by atoms with E-state index in [1.807, 2.05) is 0 Å². The summed E-state index contributed by atoms with van der Waals surface area (Å²) in [5.74, 6) is 2.29. The topological polar surface area (TPSA) is 0 Å². The van der Waals surface area contributed by atoms with E-state index >= 15 is 0 Å². The Morgan fingerprint density at radius 3 is 1.64 bits per heavy atom. The van der Waals surface area contributed by atoms with Gasteiger partial charge in [0.2, 0.25) is 0 Å². The molecule has 14 heavy (non-hydrogen) atoms. The number of hydrogen-bond acceptors (Lipinski definition) is 0. The molecule has 1 rings (SSSR count). The summed E-state index contributed by atoms with van der Waals surface area (Å²) in [6.07, 6.45) is 0. The molecule has 0 aliphatic heterocycles. The average molecular weight is 446 g/mol. The van der Waals surface area contributed by atoms with Gasteiger partial charge in [-0.2, -0.15) is 0 Å². The molecule has 0 bridgehead atoms. The summed E-state index contributed by atoms with van der Waals surface area (Å²) in [7, 11) is 6.77. The molecule has 0 saturated heterocycles. The van der Waals surface area contributed by atoms with Crippen LogP contribution in [0.25, 0.3) is 0 Å². The molecule has 1 unspecified atom stereocenters. The molecule has 1 aromatic heterocycles. The predicted molar refractivity (Wildman–Crippen MR) is 78.1 cm³/mol. The van der Waals surface area contributed by atoms with E-state index in [0.29, 0.717) is 0 Å². The van der Waals surface area contributed by atoms with Crippen molar-refractivity contribution in [2.75, 3.05) is 0 Å². The van der Waals surface area contributed by atoms with Gasteiger partial charge in [0.25, 0.3) is 0 Å². The van der Waals surface area contributed by atoms with Gasteiger partial charge >= 0.3 is 104 Å². The molecular formula is C10H22ClPSn2. The van der Waals surface area contributed by atoms with Crippen molar-refractivity contribution >= 4 is 56.1 Å². The van der Waals surface area contributed by atoms with Gasteiger partial charge in [-0.1, -0.05) is 0 Å². The minimum atomic E-state index is -1.71. The molecule has 0 spiro atoms. The van der Waals surface area contributed by atoms with Crippen LogP contribution in [0.3, 0.4) is 0 Å². The van der Waals surface area contributed by atoms with Crippen molar-refractivity contribution in [2.24, 2.45) is 0 Å². The maximum atomic E-state index is 5.74. The number of halogens is 1. The monoisotopic (exact) mass is 448 g/mol. The summed E-state index contributed by atoms with van der Waals surface area (Å²) in [5.41, 5.74) is 0. The Hall–Kier alpha value is 1.67. The Labute approximate surface area is 102 Å². The van der Waals surface area contributed by atoms with Crippen LogP contribution in [-0.4, -0.2) is 35.6 Å². The van der Waals surface area contributed by atoms with Gasteiger partial charge in [-0.15, -0.1) is 0 Å². The van der Waals surface area contributed by atoms with Crippen molar-refractivity contribution in [1.82, 2.24) is 0 Å². The molecule has 1 atom stereocenters. The molecule has 1 aromatic rings. The maximum absolute atomic E-state index is 5.74. The Morgan fingerprint density at radius 1 is 1.07 bits per heavy atom. The van der Waals surface area contributed by atoms with Crippen molar-refractivity contribution in [2.45, 2.75) is 29.6 Å². The zero-order valence-electron chi connectivity index (χ0n) is 10.1. The summed E-state index contributed by atoms with van der Waals surface area (Å²) in [5, 5.41) is 0. The molecule has 4 heteroatoms. The van der Waals surface area contributed by atoms with Crippen LogP contribution in [0.2, 0.25) is 29.6 Å². The van der Waals surface area contributed by atoms with E-state index in [1.165, 1.54) is 0 Å². The predicted octanol–water partition coefficient (Wildman–Crippen LogP) is 4.32. The Balaban J connectivity index is 0.000000292. The molecule has 0 saturated carbocycles. The normalized spacial score (nSPS) is 12.5. The van der Waals surface area contributed by atoms with Gasteiger partial charge in [-0.3, -0.25) is 0 Å². The Kier molecular flexibility index (Phi) is 7.18. The van der Waals surface area contributed by atoms with E-state index in [2.05, 4.69) is 47.6 Å². The minimum absolute atomic E-state index is 1.03. The summed E-state index contributed by atoms with van der Waals surface area (Å²) in [6.45, 7) is 0. The number of rotatable bonds is 1. The fourth-order valence-electron chi connectivity index (χ4n) is 0.797. The van der Waals surface area contributed by atoms with E-state index in [-0.39, 0.29) is 0 Å². The van der Waals surface area contributed by atoms with Gasteiger partial charge in [0.15, 0.2) is 0 Å². The zero-order chi connectivity index (χ0) is 11.4. The van der Waals surface area contributed by atoms with E-state index in [9.17, 15) is 0 Å². The first kappa shape index (κ1) is 15.7. The van der Waals surface area contributed by atoms with Crippen LogP contribution in [0.5, 0.6) is 0 Å². The molecule has 0 radical (unpaired) electrons. The standard InChI is InChI=1S/C4H4P.6CH3.ClH.2Sn/c1-2-4-5-3-1;;;;;;;;;/h1-3,5H;6*1H3;1H;;/q;;;;;;;;;+1/p-1. The third-order valence-corrected chi connectivity index (χ3v) is 13.6. The molecule has 0 aromatic carbocycles. The van der Waals surface area contributed by atoms with Crippen LogP contribution in [0.4, 0.5) is 0 Å². The van der Waals surface area contributed by atoms with Gasteiger partial charge in [0, 0.05) is 0 Å². The SMILES string of the molecule is [CH3][Sn]([CH3])([CH3])[Cl].[CH3][Sn]([CH3])([CH3])[c]1ccc[pH]1. The first-order chi connectivity index (χ1) is 6.11. The Morgan fingerprint density at radius 2 is 1.50 bits per heavy atom. The molecule has 0 aliphatic rings. The molecule has 82 valence electrons. The molecule has 1 heterocycles. The van der Waals surface area contributed by atoms with E-state index in [1.54, 1.807) is 3.31 Å². The van der Waals surface area contributed by atoms with Gasteiger partial charge in [-0.25, -0.2) is 0 Å². The second-order valence-electron chi connectivity index (χ2n) is 5.40. The summed E-state index contributed by atoms with van der Waals surface area (Å²) in [4.78, 5) is 13.9. The fourth-order valence-corrected chi connectivity index (χ4v) is 7.92. The molecule has 0 aliphatic carbocycles. The summed E-state index contributed by atoms with van der Waals surface area (Å²) < 4.78 is 1.78. The second-order valence-corrected chi connectivity index (χ2v) is 41.8. The van der Waals surface area contributed by atoms with Crippen LogP contribution < -0.4 is 3.31 Å². The van der Waals surface area contributed by atoms with Crippen LogP contribution in [0, 0.1) is 0 Å². The molecule has 0 N–H and O–H groups in total. The van der Waals surface area contributed by atoms with Crippen molar-refractivity contribution in [3.8, 4) is 0 Å². The summed E-state index contributed by atoms with van der Waals surface area (Å²) >= 11 is -3.29. The molecule has 0 nitrogen and oxygen atoms in total. The summed E-state index contributed by atoms with van der Waals surface area (Å²) in [6, 6.07) is 4.53. The third kappa shape index (κ3) is 10.2. The fraction of sp³-hybridized carbons (Fsp3) is 0.600. The van der Waals surface area contributed by atoms with E-state index < -0.39 is 35.6 Å². The molecule has 0 fully saturated rings. The van der Waals surface area contributed by atoms with Crippen LogP contribution in [0.15, 0.2) is 17.9 Å². The average Bonchev–Trinajstić information content (AvgIpc) is 2.28. The first-order valence-electron chi connectivity index (χ1n) is 4.93. The second kappa shape index (κ2) is 6.41. The van der Waals surface area contributed by atoms with E-state index in [0.717, 1.165) is 8.19 Å². The zero-order valence-corrected chi connectivity index (χ0v) is 17.6. The van der Waals surface area contributed by atoms with Gasteiger partial charge in [0.05, 0.1) is 0 Å². The van der Waals surface area contributed by atoms with E-state index in [4.69, 9.17) is 8.92 Å². The molecule has 0 amide bonds. The number of hydrogen-bond donors (Lipinski definition) is 0. The third-order valence-electron chi connectivity index (χ3n) is 1.41. The van der Waals surface area contributed by atoms with Gasteiger partial charge in [-0.05, 0) is 0 Å². The van der Waals surface area contributed by atoms with Crippen LogP contribution in [-0.2, 0) is 0 Å². The van der Waals surface area contributed by atoms with Crippen molar-refractivity contribution in [3.05, 3.63) is 17.9 Å². The van der Waals surface area contributed by atoms with Crippen molar-refractivity contribution in [1.29, 1.82) is 0 Å². The van der Waals surface area contributed by atoms with Crippen molar-refractivity contribution in [3.63, 3.8) is 0 Å². The van der Waals surface area contributed by atoms with Gasteiger partial charge in [0.1, 0.15) is 0 Å². The van der Waals surface area contributed by atoms with Crippen LogP contribution in [0.1, 0.15) is 0 Å². The Bertz CT molecular complexity index is 238. The van der Waals surface area contributed by atoms with Crippen molar-refractivity contribution < 1.29 is 0 Å². The first-order valence-corrected chi connectivity index (χ1v) is 28.2. The quantitative estimate of drug-likeness (QED) is 0.564. The van der Waals surface area contributed by atoms with Gasteiger partial charge < -0.3 is 0 Å². The van der Waals surface area contributed by atoms with Crippen LogP contribution >= 0.6 is 17.1 Å².